The Hall–Kier alpha value is -2.69. The average Bonchev–Trinajstić information content (AvgIpc) is 2.88. The summed E-state index contributed by atoms with van der Waals surface area (Å²) < 4.78 is 13.9. The first kappa shape index (κ1) is 16.2. The maximum atomic E-state index is 13.9. The minimum Gasteiger partial charge on any atom is -0.326 e. The Kier molecular flexibility index (Phi) is 4.34. The van der Waals surface area contributed by atoms with Crippen LogP contribution in [-0.2, 0) is 9.59 Å². The van der Waals surface area contributed by atoms with E-state index in [-0.39, 0.29) is 30.5 Å². The fourth-order valence-corrected chi connectivity index (χ4v) is 3.08. The van der Waals surface area contributed by atoms with Crippen LogP contribution < -0.4 is 10.2 Å². The van der Waals surface area contributed by atoms with Gasteiger partial charge in [-0.05, 0) is 49.2 Å². The fourth-order valence-electron chi connectivity index (χ4n) is 3.08. The quantitative estimate of drug-likeness (QED) is 0.939. The lowest BCUT2D eigenvalue weighted by Crippen LogP contribution is -2.28. The molecule has 2 amide bonds. The first-order chi connectivity index (χ1) is 11.4. The number of para-hydroxylation sites is 1. The highest BCUT2D eigenvalue weighted by atomic mass is 19.1. The van der Waals surface area contributed by atoms with Gasteiger partial charge in [0, 0.05) is 18.7 Å². The number of carbonyl (C=O) groups is 2. The van der Waals surface area contributed by atoms with Crippen molar-refractivity contribution >= 4 is 23.2 Å². The molecule has 0 spiro atoms. The Morgan fingerprint density at radius 1 is 1.17 bits per heavy atom. The van der Waals surface area contributed by atoms with Crippen LogP contribution in [0.4, 0.5) is 15.8 Å². The Balaban J connectivity index is 1.73. The summed E-state index contributed by atoms with van der Waals surface area (Å²) in [4.78, 5) is 26.0. The number of anilines is 2. The molecule has 0 aromatic heterocycles. The SMILES string of the molecule is Cc1cc(C)cc(NC(=O)C2CC(=O)N(c3ccccc3F)C2)c1. The van der Waals surface area contributed by atoms with Crippen LogP contribution in [0.15, 0.2) is 42.5 Å². The number of hydrogen-bond acceptors (Lipinski definition) is 2. The van der Waals surface area contributed by atoms with Crippen LogP contribution >= 0.6 is 0 Å². The Morgan fingerprint density at radius 2 is 1.83 bits per heavy atom. The van der Waals surface area contributed by atoms with Crippen LogP contribution in [0.3, 0.4) is 0 Å². The van der Waals surface area contributed by atoms with Crippen molar-refractivity contribution in [1.29, 1.82) is 0 Å². The summed E-state index contributed by atoms with van der Waals surface area (Å²) in [7, 11) is 0. The summed E-state index contributed by atoms with van der Waals surface area (Å²) in [6.07, 6.45) is 0.0883. The van der Waals surface area contributed by atoms with Crippen molar-refractivity contribution in [3.05, 3.63) is 59.4 Å². The van der Waals surface area contributed by atoms with E-state index in [9.17, 15) is 14.0 Å². The van der Waals surface area contributed by atoms with Crippen LogP contribution in [0.25, 0.3) is 0 Å². The van der Waals surface area contributed by atoms with Gasteiger partial charge in [-0.1, -0.05) is 18.2 Å². The number of benzene rings is 2. The number of rotatable bonds is 3. The second-order valence-corrected chi connectivity index (χ2v) is 6.22. The van der Waals surface area contributed by atoms with Gasteiger partial charge in [-0.3, -0.25) is 9.59 Å². The molecule has 0 aliphatic carbocycles. The van der Waals surface area contributed by atoms with Gasteiger partial charge in [-0.2, -0.15) is 0 Å². The smallest absolute Gasteiger partial charge is 0.229 e. The van der Waals surface area contributed by atoms with E-state index in [2.05, 4.69) is 5.32 Å². The van der Waals surface area contributed by atoms with Crippen molar-refractivity contribution in [3.63, 3.8) is 0 Å². The third kappa shape index (κ3) is 3.30. The molecule has 3 rings (SSSR count). The van der Waals surface area contributed by atoms with Gasteiger partial charge in [0.15, 0.2) is 0 Å². The number of nitrogens with one attached hydrogen (secondary N) is 1. The van der Waals surface area contributed by atoms with Gasteiger partial charge in [0.25, 0.3) is 0 Å². The zero-order valence-electron chi connectivity index (χ0n) is 13.7. The zero-order chi connectivity index (χ0) is 17.3. The largest absolute Gasteiger partial charge is 0.326 e. The molecule has 0 bridgehead atoms. The van der Waals surface area contributed by atoms with Crippen LogP contribution in [0.2, 0.25) is 0 Å². The number of carbonyl (C=O) groups excluding carboxylic acids is 2. The summed E-state index contributed by atoms with van der Waals surface area (Å²) in [5, 5.41) is 2.86. The summed E-state index contributed by atoms with van der Waals surface area (Å²) in [6.45, 7) is 4.11. The predicted molar refractivity (Wildman–Crippen MR) is 91.4 cm³/mol. The van der Waals surface area contributed by atoms with Gasteiger partial charge in [0.1, 0.15) is 5.82 Å². The minimum atomic E-state index is -0.488. The Labute approximate surface area is 140 Å². The van der Waals surface area contributed by atoms with Crippen LogP contribution in [-0.4, -0.2) is 18.4 Å². The molecule has 1 N–H and O–H groups in total. The van der Waals surface area contributed by atoms with Crippen molar-refractivity contribution in [2.75, 3.05) is 16.8 Å². The minimum absolute atomic E-state index is 0.0883. The van der Waals surface area contributed by atoms with Gasteiger partial charge in [-0.25, -0.2) is 4.39 Å². The van der Waals surface area contributed by atoms with Gasteiger partial charge < -0.3 is 10.2 Å². The molecule has 1 heterocycles. The summed E-state index contributed by atoms with van der Waals surface area (Å²) in [6, 6.07) is 11.9. The van der Waals surface area contributed by atoms with E-state index in [4.69, 9.17) is 0 Å². The third-order valence-corrected chi connectivity index (χ3v) is 4.13. The van der Waals surface area contributed by atoms with Crippen molar-refractivity contribution in [1.82, 2.24) is 0 Å². The Morgan fingerprint density at radius 3 is 2.50 bits per heavy atom. The van der Waals surface area contributed by atoms with E-state index in [0.717, 1.165) is 11.1 Å². The highest BCUT2D eigenvalue weighted by Crippen LogP contribution is 2.28. The van der Waals surface area contributed by atoms with Gasteiger partial charge in [-0.15, -0.1) is 0 Å². The van der Waals surface area contributed by atoms with Crippen LogP contribution in [0.1, 0.15) is 17.5 Å². The number of nitrogens with zero attached hydrogens (tertiary/aromatic N) is 1. The van der Waals surface area contributed by atoms with E-state index in [1.54, 1.807) is 18.2 Å². The van der Waals surface area contributed by atoms with Gasteiger partial charge in [0.2, 0.25) is 11.8 Å². The summed E-state index contributed by atoms with van der Waals surface area (Å²) in [5.41, 5.74) is 3.06. The lowest BCUT2D eigenvalue weighted by Gasteiger charge is -2.17. The molecule has 0 saturated carbocycles. The summed E-state index contributed by atoms with van der Waals surface area (Å²) >= 11 is 0. The van der Waals surface area contributed by atoms with Gasteiger partial charge in [0.05, 0.1) is 11.6 Å². The molecule has 1 fully saturated rings. The lowest BCUT2D eigenvalue weighted by molar-refractivity contribution is -0.122. The van der Waals surface area contributed by atoms with E-state index >= 15 is 0 Å². The molecule has 1 atom stereocenters. The normalized spacial score (nSPS) is 17.2. The van der Waals surface area contributed by atoms with E-state index in [1.165, 1.54) is 11.0 Å². The van der Waals surface area contributed by atoms with Crippen LogP contribution in [0.5, 0.6) is 0 Å². The molecule has 1 aliphatic heterocycles. The fraction of sp³-hybridized carbons (Fsp3) is 0.263. The zero-order valence-corrected chi connectivity index (χ0v) is 13.7. The van der Waals surface area contributed by atoms with E-state index < -0.39 is 11.7 Å². The molecule has 0 radical (unpaired) electrons. The highest BCUT2D eigenvalue weighted by Gasteiger charge is 2.36. The second kappa shape index (κ2) is 6.43. The molecule has 124 valence electrons. The number of halogens is 1. The van der Waals surface area contributed by atoms with Gasteiger partial charge >= 0.3 is 0 Å². The molecule has 2 aromatic carbocycles. The van der Waals surface area contributed by atoms with Crippen molar-refractivity contribution in [2.45, 2.75) is 20.3 Å². The number of hydrogen-bond donors (Lipinski definition) is 1. The average molecular weight is 326 g/mol. The molecule has 5 heteroatoms. The maximum absolute atomic E-state index is 13.9. The molecule has 1 unspecified atom stereocenters. The van der Waals surface area contributed by atoms with Crippen LogP contribution in [0, 0.1) is 25.6 Å². The summed E-state index contributed by atoms with van der Waals surface area (Å²) in [5.74, 6) is -1.40. The molecule has 1 aliphatic rings. The topological polar surface area (TPSA) is 49.4 Å². The molecule has 24 heavy (non-hydrogen) atoms. The number of amides is 2. The number of aryl methyl sites for hydroxylation is 2. The Bertz CT molecular complexity index is 783. The standard InChI is InChI=1S/C19H19FN2O2/c1-12-7-13(2)9-15(8-12)21-19(24)14-10-18(23)22(11-14)17-6-4-3-5-16(17)20/h3-9,14H,10-11H2,1-2H3,(H,21,24). The predicted octanol–water partition coefficient (Wildman–Crippen LogP) is 3.43. The van der Waals surface area contributed by atoms with Crippen molar-refractivity contribution < 1.29 is 14.0 Å². The molecular weight excluding hydrogens is 307 g/mol. The first-order valence-electron chi connectivity index (χ1n) is 7.88. The van der Waals surface area contributed by atoms with E-state index in [1.807, 2.05) is 32.0 Å². The van der Waals surface area contributed by atoms with Crippen molar-refractivity contribution in [3.8, 4) is 0 Å². The second-order valence-electron chi connectivity index (χ2n) is 6.22. The molecule has 2 aromatic rings. The molecule has 1 saturated heterocycles. The van der Waals surface area contributed by atoms with Crippen molar-refractivity contribution in [2.24, 2.45) is 5.92 Å². The monoisotopic (exact) mass is 326 g/mol. The first-order valence-corrected chi connectivity index (χ1v) is 7.88. The molecule has 4 nitrogen and oxygen atoms in total. The molecular formula is C19H19FN2O2. The lowest BCUT2D eigenvalue weighted by atomic mass is 10.1. The maximum Gasteiger partial charge on any atom is 0.229 e. The third-order valence-electron chi connectivity index (χ3n) is 4.13. The van der Waals surface area contributed by atoms with E-state index in [0.29, 0.717) is 5.69 Å². The highest BCUT2D eigenvalue weighted by molar-refractivity contribution is 6.03.